The van der Waals surface area contributed by atoms with E-state index in [9.17, 15) is 14.7 Å². The molecule has 0 aliphatic carbocycles. The molecule has 1 N–H and O–H groups in total. The molecule has 27 heavy (non-hydrogen) atoms. The van der Waals surface area contributed by atoms with E-state index in [0.29, 0.717) is 17.6 Å². The summed E-state index contributed by atoms with van der Waals surface area (Å²) in [6.07, 6.45) is 0. The van der Waals surface area contributed by atoms with Crippen LogP contribution in [0.4, 0.5) is 0 Å². The van der Waals surface area contributed by atoms with Gasteiger partial charge in [-0.1, -0.05) is 36.4 Å². The third-order valence-electron chi connectivity index (χ3n) is 4.93. The second-order valence-corrected chi connectivity index (χ2v) is 6.47. The molecule has 0 amide bonds. The van der Waals surface area contributed by atoms with Crippen molar-refractivity contribution < 1.29 is 9.90 Å². The molecular weight excluding hydrogens is 342 g/mol. The number of carbonyl (C=O) groups is 1. The Morgan fingerprint density at radius 1 is 1.04 bits per heavy atom. The molecule has 0 saturated heterocycles. The van der Waals surface area contributed by atoms with Crippen LogP contribution in [0, 0.1) is 6.92 Å². The molecule has 0 unspecified atom stereocenters. The van der Waals surface area contributed by atoms with Gasteiger partial charge in [-0.25, -0.2) is 4.68 Å². The fourth-order valence-electron chi connectivity index (χ4n) is 3.70. The average molecular weight is 361 g/mol. The van der Waals surface area contributed by atoms with Gasteiger partial charge in [-0.15, -0.1) is 0 Å². The van der Waals surface area contributed by atoms with Crippen LogP contribution in [0.3, 0.4) is 0 Å². The topological polar surface area (TPSA) is 77.1 Å². The number of hydrogen-bond donors (Lipinski definition) is 1. The number of hydrogen-bond acceptors (Lipinski definition) is 3. The summed E-state index contributed by atoms with van der Waals surface area (Å²) in [7, 11) is 0. The molecule has 4 aromatic rings. The summed E-state index contributed by atoms with van der Waals surface area (Å²) in [6, 6.07) is 15.1. The van der Waals surface area contributed by atoms with Gasteiger partial charge < -0.3 is 9.67 Å². The lowest BCUT2D eigenvalue weighted by atomic mass is 10.0. The summed E-state index contributed by atoms with van der Waals surface area (Å²) < 4.78 is 3.24. The Bertz CT molecular complexity index is 1250. The van der Waals surface area contributed by atoms with Crippen molar-refractivity contribution in [3.05, 3.63) is 64.6 Å². The molecule has 6 nitrogen and oxygen atoms in total. The lowest BCUT2D eigenvalue weighted by Crippen LogP contribution is -2.23. The van der Waals surface area contributed by atoms with Crippen molar-refractivity contribution in [3.63, 3.8) is 0 Å². The molecule has 136 valence electrons. The molecule has 2 aromatic carbocycles. The van der Waals surface area contributed by atoms with E-state index in [4.69, 9.17) is 0 Å². The number of carboxylic acids is 1. The first kappa shape index (κ1) is 17.0. The van der Waals surface area contributed by atoms with Gasteiger partial charge in [-0.05, 0) is 26.0 Å². The maximum absolute atomic E-state index is 12.7. The summed E-state index contributed by atoms with van der Waals surface area (Å²) in [4.78, 5) is 24.0. The second-order valence-electron chi connectivity index (χ2n) is 6.47. The minimum Gasteiger partial charge on any atom is -0.480 e. The first-order valence-corrected chi connectivity index (χ1v) is 8.82. The van der Waals surface area contributed by atoms with Crippen LogP contribution in [0.1, 0.15) is 12.6 Å². The zero-order valence-corrected chi connectivity index (χ0v) is 15.1. The average Bonchev–Trinajstić information content (AvgIpc) is 2.94. The van der Waals surface area contributed by atoms with Crippen LogP contribution in [-0.2, 0) is 17.9 Å². The Morgan fingerprint density at radius 3 is 2.33 bits per heavy atom. The summed E-state index contributed by atoms with van der Waals surface area (Å²) >= 11 is 0. The van der Waals surface area contributed by atoms with Crippen molar-refractivity contribution in [1.29, 1.82) is 0 Å². The Labute approximate surface area is 155 Å². The number of benzene rings is 2. The van der Waals surface area contributed by atoms with Crippen LogP contribution >= 0.6 is 0 Å². The third-order valence-corrected chi connectivity index (χ3v) is 4.93. The number of fused-ring (bicyclic) bond motifs is 2. The molecule has 4 rings (SSSR count). The molecule has 0 atom stereocenters. The summed E-state index contributed by atoms with van der Waals surface area (Å²) in [6.45, 7) is 4.12. The van der Waals surface area contributed by atoms with Crippen LogP contribution in [0.5, 0.6) is 0 Å². The number of nitrogens with zero attached hydrogens (tertiary/aromatic N) is 3. The van der Waals surface area contributed by atoms with Gasteiger partial charge in [0.05, 0.1) is 5.39 Å². The number of aliphatic carboxylic acids is 1. The molecule has 0 aliphatic rings. The second kappa shape index (κ2) is 6.39. The van der Waals surface area contributed by atoms with Crippen molar-refractivity contribution in [2.45, 2.75) is 26.9 Å². The van der Waals surface area contributed by atoms with E-state index >= 15 is 0 Å². The Morgan fingerprint density at radius 2 is 1.67 bits per heavy atom. The minimum atomic E-state index is -0.901. The predicted molar refractivity (Wildman–Crippen MR) is 105 cm³/mol. The highest BCUT2D eigenvalue weighted by Gasteiger charge is 2.21. The zero-order chi connectivity index (χ0) is 19.1. The maximum atomic E-state index is 12.7. The van der Waals surface area contributed by atoms with Gasteiger partial charge in [0.1, 0.15) is 12.2 Å². The molecule has 0 radical (unpaired) electrons. The van der Waals surface area contributed by atoms with Gasteiger partial charge in [-0.2, -0.15) is 5.10 Å². The van der Waals surface area contributed by atoms with Crippen molar-refractivity contribution >= 4 is 27.6 Å². The molecular formula is C21H19N3O3. The van der Waals surface area contributed by atoms with Crippen LogP contribution in [0.25, 0.3) is 32.9 Å². The summed E-state index contributed by atoms with van der Waals surface area (Å²) in [5, 5.41) is 16.3. The monoisotopic (exact) mass is 361 g/mol. The van der Waals surface area contributed by atoms with Crippen molar-refractivity contribution in [2.24, 2.45) is 0 Å². The number of aryl methyl sites for hydroxylation is 1. The normalized spacial score (nSPS) is 11.3. The highest BCUT2D eigenvalue weighted by Crippen LogP contribution is 2.36. The highest BCUT2D eigenvalue weighted by atomic mass is 16.4. The fourth-order valence-corrected chi connectivity index (χ4v) is 3.70. The van der Waals surface area contributed by atoms with E-state index in [1.54, 1.807) is 10.6 Å². The standard InChI is InChI=1S/C21H19N3O3/c1-3-24-21(27)15-9-5-4-8-14(15)20(22-24)19-13(2)23(12-18(25)26)17-11-7-6-10-16(17)19/h4-11H,3,12H2,1-2H3,(H,25,26). The van der Waals surface area contributed by atoms with Crippen LogP contribution in [0.2, 0.25) is 0 Å². The number of carboxylic acid groups (broad SMARTS) is 1. The number of para-hydroxylation sites is 1. The fraction of sp³-hybridized carbons (Fsp3) is 0.190. The van der Waals surface area contributed by atoms with Crippen molar-refractivity contribution in [2.75, 3.05) is 0 Å². The van der Waals surface area contributed by atoms with E-state index in [0.717, 1.165) is 27.5 Å². The van der Waals surface area contributed by atoms with Gasteiger partial charge in [0.15, 0.2) is 0 Å². The van der Waals surface area contributed by atoms with E-state index in [2.05, 4.69) is 5.10 Å². The molecule has 0 fully saturated rings. The summed E-state index contributed by atoms with van der Waals surface area (Å²) in [5.41, 5.74) is 3.10. The third kappa shape index (κ3) is 2.61. The van der Waals surface area contributed by atoms with E-state index in [-0.39, 0.29) is 12.1 Å². The Balaban J connectivity index is 2.16. The molecule has 2 heterocycles. The molecule has 0 saturated carbocycles. The minimum absolute atomic E-state index is 0.122. The maximum Gasteiger partial charge on any atom is 0.323 e. The lowest BCUT2D eigenvalue weighted by Gasteiger charge is -2.11. The Hall–Kier alpha value is -3.41. The first-order chi connectivity index (χ1) is 13.0. The first-order valence-electron chi connectivity index (χ1n) is 8.82. The van der Waals surface area contributed by atoms with Gasteiger partial charge in [-0.3, -0.25) is 9.59 Å². The SMILES string of the molecule is CCn1nc(-c2c(C)n(CC(=O)O)c3ccccc23)c2ccccc2c1=O. The van der Waals surface area contributed by atoms with Crippen LogP contribution in [-0.4, -0.2) is 25.4 Å². The van der Waals surface area contributed by atoms with E-state index in [1.165, 1.54) is 4.68 Å². The highest BCUT2D eigenvalue weighted by molar-refractivity contribution is 6.05. The lowest BCUT2D eigenvalue weighted by molar-refractivity contribution is -0.137. The van der Waals surface area contributed by atoms with Gasteiger partial charge in [0.25, 0.3) is 5.56 Å². The zero-order valence-electron chi connectivity index (χ0n) is 15.1. The Kier molecular flexibility index (Phi) is 4.03. The van der Waals surface area contributed by atoms with Crippen molar-refractivity contribution in [3.8, 4) is 11.3 Å². The van der Waals surface area contributed by atoms with Gasteiger partial charge in [0.2, 0.25) is 0 Å². The van der Waals surface area contributed by atoms with E-state index < -0.39 is 5.97 Å². The number of aromatic nitrogens is 3. The quantitative estimate of drug-likeness (QED) is 0.604. The summed E-state index contributed by atoms with van der Waals surface area (Å²) in [5.74, 6) is -0.901. The number of rotatable bonds is 4. The predicted octanol–water partition coefficient (Wildman–Crippen LogP) is 3.43. The molecule has 6 heteroatoms. The molecule has 2 aromatic heterocycles. The van der Waals surface area contributed by atoms with Crippen molar-refractivity contribution in [1.82, 2.24) is 14.3 Å². The van der Waals surface area contributed by atoms with Gasteiger partial charge in [0, 0.05) is 34.1 Å². The van der Waals surface area contributed by atoms with Crippen LogP contribution < -0.4 is 5.56 Å². The van der Waals surface area contributed by atoms with E-state index in [1.807, 2.05) is 56.3 Å². The molecule has 0 aliphatic heterocycles. The smallest absolute Gasteiger partial charge is 0.323 e. The molecule has 0 spiro atoms. The largest absolute Gasteiger partial charge is 0.480 e. The molecule has 0 bridgehead atoms. The van der Waals surface area contributed by atoms with Crippen LogP contribution in [0.15, 0.2) is 53.3 Å². The van der Waals surface area contributed by atoms with Gasteiger partial charge >= 0.3 is 5.97 Å².